The monoisotopic (exact) mass is 354 g/mol. The third-order valence-corrected chi connectivity index (χ3v) is 4.58. The molecule has 0 atom stereocenters. The average molecular weight is 355 g/mol. The Hall–Kier alpha value is -0.980. The van der Waals surface area contributed by atoms with Gasteiger partial charge in [-0.25, -0.2) is 9.97 Å². The predicted octanol–water partition coefficient (Wildman–Crippen LogP) is 2.59. The fraction of sp³-hybridized carbons (Fsp3) is 0.824. The number of hydrogen-bond donors (Lipinski definition) is 1. The lowest BCUT2D eigenvalue weighted by atomic mass is 9.79. The largest absolute Gasteiger partial charge is 0.338 e. The molecule has 7 heteroatoms. The zero-order valence-corrected chi connectivity index (χ0v) is 16.6. The van der Waals surface area contributed by atoms with Crippen LogP contribution in [0.5, 0.6) is 0 Å². The van der Waals surface area contributed by atoms with Crippen LogP contribution in [0.15, 0.2) is 6.33 Å². The molecule has 1 aliphatic rings. The molecular formula is C17H31ClN6. The Balaban J connectivity index is 2.24. The summed E-state index contributed by atoms with van der Waals surface area (Å²) in [7, 11) is 4.20. The molecule has 24 heavy (non-hydrogen) atoms. The molecule has 1 aromatic heterocycles. The number of rotatable bonds is 6. The van der Waals surface area contributed by atoms with Crippen LogP contribution in [0.4, 0.5) is 5.95 Å². The Morgan fingerprint density at radius 1 is 1.12 bits per heavy atom. The van der Waals surface area contributed by atoms with E-state index in [2.05, 4.69) is 71.9 Å². The molecule has 0 saturated carbocycles. The Morgan fingerprint density at radius 2 is 1.75 bits per heavy atom. The first-order valence-corrected chi connectivity index (χ1v) is 9.01. The summed E-state index contributed by atoms with van der Waals surface area (Å²) in [5, 5.41) is 3.99. The van der Waals surface area contributed by atoms with Crippen LogP contribution >= 0.6 is 11.6 Å². The zero-order valence-electron chi connectivity index (χ0n) is 15.8. The molecule has 0 spiro atoms. The molecule has 6 nitrogen and oxygen atoms in total. The molecule has 0 unspecified atom stereocenters. The Morgan fingerprint density at radius 3 is 2.29 bits per heavy atom. The third kappa shape index (κ3) is 5.53. The number of aromatic nitrogens is 3. The van der Waals surface area contributed by atoms with E-state index in [9.17, 15) is 0 Å². The molecule has 0 radical (unpaired) electrons. The van der Waals surface area contributed by atoms with Gasteiger partial charge in [-0.3, -0.25) is 0 Å². The number of nitrogens with one attached hydrogen (secondary N) is 1. The van der Waals surface area contributed by atoms with Crippen LogP contribution in [-0.2, 0) is 0 Å². The van der Waals surface area contributed by atoms with Crippen molar-refractivity contribution in [2.75, 3.05) is 32.1 Å². The Labute approximate surface area is 151 Å². The van der Waals surface area contributed by atoms with E-state index < -0.39 is 0 Å². The fourth-order valence-electron chi connectivity index (χ4n) is 3.90. The minimum absolute atomic E-state index is 0.0725. The summed E-state index contributed by atoms with van der Waals surface area (Å²) in [6.07, 6.45) is 4.64. The minimum atomic E-state index is 0.0725. The number of halogens is 1. The molecule has 0 amide bonds. The number of nitrogens with zero attached hydrogens (tertiary/aromatic N) is 5. The first-order chi connectivity index (χ1) is 11.1. The van der Waals surface area contributed by atoms with Gasteiger partial charge in [0.25, 0.3) is 0 Å². The normalized spacial score (nSPS) is 20.3. The van der Waals surface area contributed by atoms with E-state index >= 15 is 0 Å². The molecule has 1 fully saturated rings. The van der Waals surface area contributed by atoms with E-state index in [4.69, 9.17) is 11.6 Å². The van der Waals surface area contributed by atoms with Gasteiger partial charge in [-0.1, -0.05) is 0 Å². The van der Waals surface area contributed by atoms with Crippen molar-refractivity contribution in [2.24, 2.45) is 0 Å². The standard InChI is InChI=1S/C17H31ClN6/c1-16(2)10-13(11-17(3,4)22-16)24(9-7-8-23(5)6)15-20-12-19-14(18)21-15/h12-13,22H,7-11H2,1-6H3. The molecule has 0 aromatic carbocycles. The second-order valence-electron chi connectivity index (χ2n) is 8.36. The van der Waals surface area contributed by atoms with Crippen molar-refractivity contribution in [1.82, 2.24) is 25.2 Å². The smallest absolute Gasteiger partial charge is 0.229 e. The van der Waals surface area contributed by atoms with E-state index in [-0.39, 0.29) is 16.4 Å². The number of anilines is 1. The number of hydrogen-bond acceptors (Lipinski definition) is 6. The van der Waals surface area contributed by atoms with Gasteiger partial charge in [-0.05, 0) is 79.2 Å². The lowest BCUT2D eigenvalue weighted by Gasteiger charge is -2.49. The van der Waals surface area contributed by atoms with Gasteiger partial charge < -0.3 is 15.1 Å². The average Bonchev–Trinajstić information content (AvgIpc) is 2.39. The van der Waals surface area contributed by atoms with Gasteiger partial charge in [0, 0.05) is 23.7 Å². The zero-order chi connectivity index (χ0) is 18.0. The van der Waals surface area contributed by atoms with Crippen molar-refractivity contribution in [1.29, 1.82) is 0 Å². The van der Waals surface area contributed by atoms with Crippen LogP contribution < -0.4 is 10.2 Å². The molecule has 1 aromatic rings. The molecule has 1 saturated heterocycles. The van der Waals surface area contributed by atoms with Crippen molar-refractivity contribution in [2.45, 2.75) is 64.1 Å². The first kappa shape index (κ1) is 19.3. The quantitative estimate of drug-likeness (QED) is 0.847. The lowest BCUT2D eigenvalue weighted by molar-refractivity contribution is 0.157. The fourth-order valence-corrected chi connectivity index (χ4v) is 4.02. The Bertz CT molecular complexity index is 530. The minimum Gasteiger partial charge on any atom is -0.338 e. The third-order valence-electron chi connectivity index (χ3n) is 4.40. The van der Waals surface area contributed by atoms with E-state index in [1.54, 1.807) is 0 Å². The highest BCUT2D eigenvalue weighted by atomic mass is 35.5. The summed E-state index contributed by atoms with van der Waals surface area (Å²) >= 11 is 6.01. The van der Waals surface area contributed by atoms with Crippen molar-refractivity contribution in [3.05, 3.63) is 11.6 Å². The highest BCUT2D eigenvalue weighted by Gasteiger charge is 2.40. The highest BCUT2D eigenvalue weighted by molar-refractivity contribution is 6.28. The van der Waals surface area contributed by atoms with Crippen molar-refractivity contribution >= 4 is 17.5 Å². The maximum absolute atomic E-state index is 6.01. The van der Waals surface area contributed by atoms with Gasteiger partial charge in [0.1, 0.15) is 6.33 Å². The van der Waals surface area contributed by atoms with E-state index in [0.717, 1.165) is 32.4 Å². The van der Waals surface area contributed by atoms with E-state index in [1.165, 1.54) is 6.33 Å². The first-order valence-electron chi connectivity index (χ1n) is 8.63. The van der Waals surface area contributed by atoms with E-state index in [1.807, 2.05) is 0 Å². The van der Waals surface area contributed by atoms with Gasteiger partial charge >= 0.3 is 0 Å². The van der Waals surface area contributed by atoms with Crippen molar-refractivity contribution in [3.8, 4) is 0 Å². The van der Waals surface area contributed by atoms with Crippen molar-refractivity contribution in [3.63, 3.8) is 0 Å². The summed E-state index contributed by atoms with van der Waals surface area (Å²) in [6, 6.07) is 0.372. The maximum Gasteiger partial charge on any atom is 0.229 e. The van der Waals surface area contributed by atoms with Crippen LogP contribution in [0.3, 0.4) is 0 Å². The van der Waals surface area contributed by atoms with Crippen molar-refractivity contribution < 1.29 is 0 Å². The second kappa shape index (κ2) is 7.50. The van der Waals surface area contributed by atoms with E-state index in [0.29, 0.717) is 12.0 Å². The SMILES string of the molecule is CN(C)CCCN(c1ncnc(Cl)n1)C1CC(C)(C)NC(C)(C)C1. The summed E-state index contributed by atoms with van der Waals surface area (Å²) in [5.74, 6) is 0.687. The molecule has 2 heterocycles. The molecular weight excluding hydrogens is 324 g/mol. The Kier molecular flexibility index (Phi) is 6.04. The van der Waals surface area contributed by atoms with Crippen LogP contribution in [0.2, 0.25) is 5.28 Å². The van der Waals surface area contributed by atoms with Gasteiger partial charge in [0.05, 0.1) is 0 Å². The van der Waals surface area contributed by atoms with Crippen LogP contribution in [0.25, 0.3) is 0 Å². The van der Waals surface area contributed by atoms with Gasteiger partial charge in [-0.15, -0.1) is 0 Å². The topological polar surface area (TPSA) is 57.2 Å². The second-order valence-corrected chi connectivity index (χ2v) is 8.70. The highest BCUT2D eigenvalue weighted by Crippen LogP contribution is 2.33. The van der Waals surface area contributed by atoms with Gasteiger partial charge in [0.15, 0.2) is 0 Å². The molecule has 136 valence electrons. The molecule has 0 aliphatic carbocycles. The summed E-state index contributed by atoms with van der Waals surface area (Å²) in [5.41, 5.74) is 0.145. The van der Waals surface area contributed by atoms with Crippen LogP contribution in [0, 0.1) is 0 Å². The van der Waals surface area contributed by atoms with Crippen LogP contribution in [0.1, 0.15) is 47.0 Å². The molecule has 1 N–H and O–H groups in total. The maximum atomic E-state index is 6.01. The van der Waals surface area contributed by atoms with Crippen LogP contribution in [-0.4, -0.2) is 64.2 Å². The van der Waals surface area contributed by atoms with Gasteiger partial charge in [-0.2, -0.15) is 4.98 Å². The predicted molar refractivity (Wildman–Crippen MR) is 99.7 cm³/mol. The summed E-state index contributed by atoms with van der Waals surface area (Å²) < 4.78 is 0. The molecule has 0 bridgehead atoms. The molecule has 1 aliphatic heterocycles. The lowest BCUT2D eigenvalue weighted by Crippen LogP contribution is -2.62. The summed E-state index contributed by atoms with van der Waals surface area (Å²) in [4.78, 5) is 17.2. The number of piperidine rings is 1. The van der Waals surface area contributed by atoms with Gasteiger partial charge in [0.2, 0.25) is 11.2 Å². The summed E-state index contributed by atoms with van der Waals surface area (Å²) in [6.45, 7) is 11.0. The molecule has 2 rings (SSSR count).